The molecular formula is C25H37BrN2OSi. The van der Waals surface area contributed by atoms with Crippen LogP contribution in [0.4, 0.5) is 0 Å². The maximum Gasteiger partial charge on any atom is 0.250 e. The smallest absolute Gasteiger partial charge is 0.250 e. The van der Waals surface area contributed by atoms with Gasteiger partial charge in [-0.2, -0.15) is 0 Å². The number of piperazine rings is 1. The maximum absolute atomic E-state index is 6.65. The van der Waals surface area contributed by atoms with Crippen LogP contribution in [0.2, 0.25) is 18.1 Å². The second-order valence-electron chi connectivity index (χ2n) is 10.2. The van der Waals surface area contributed by atoms with Crippen molar-refractivity contribution >= 4 is 24.2 Å². The molecule has 30 heavy (non-hydrogen) atoms. The fraction of sp³-hybridized carbons (Fsp3) is 0.520. The molecule has 1 aliphatic heterocycles. The fourth-order valence-corrected chi connectivity index (χ4v) is 5.11. The molecule has 164 valence electrons. The summed E-state index contributed by atoms with van der Waals surface area (Å²) in [6, 6.07) is 18.7. The summed E-state index contributed by atoms with van der Waals surface area (Å²) in [6.45, 7) is 18.1. The van der Waals surface area contributed by atoms with Gasteiger partial charge in [-0.3, -0.25) is 4.90 Å². The zero-order valence-corrected chi connectivity index (χ0v) is 22.1. The quantitative estimate of drug-likeness (QED) is 0.479. The zero-order chi connectivity index (χ0) is 22.1. The highest BCUT2D eigenvalue weighted by Gasteiger charge is 2.39. The average molecular weight is 490 g/mol. The molecule has 2 aromatic rings. The predicted molar refractivity (Wildman–Crippen MR) is 134 cm³/mol. The van der Waals surface area contributed by atoms with Crippen molar-refractivity contribution < 1.29 is 4.43 Å². The van der Waals surface area contributed by atoms with E-state index in [-0.39, 0.29) is 11.1 Å². The summed E-state index contributed by atoms with van der Waals surface area (Å²) in [5, 5.41) is 3.80. The summed E-state index contributed by atoms with van der Waals surface area (Å²) >= 11 is 3.59. The van der Waals surface area contributed by atoms with E-state index in [1.807, 2.05) is 0 Å². The molecule has 3 rings (SSSR count). The van der Waals surface area contributed by atoms with Gasteiger partial charge in [-0.05, 0) is 67.4 Å². The third kappa shape index (κ3) is 5.36. The molecule has 0 bridgehead atoms. The van der Waals surface area contributed by atoms with E-state index in [1.165, 1.54) is 11.1 Å². The first-order valence-electron chi connectivity index (χ1n) is 11.0. The topological polar surface area (TPSA) is 24.5 Å². The monoisotopic (exact) mass is 488 g/mol. The molecule has 3 nitrogen and oxygen atoms in total. The molecule has 0 aliphatic carbocycles. The molecule has 1 N–H and O–H groups in total. The Labute approximate surface area is 192 Å². The van der Waals surface area contributed by atoms with Gasteiger partial charge in [0, 0.05) is 29.6 Å². The number of hydrogen-bond donors (Lipinski definition) is 1. The largest absolute Gasteiger partial charge is 0.543 e. The standard InChI is InChI=1S/C25H37BrN2OSi/c1-18-17-28(19(2)16-27-18)24(20-11-13-22(26)14-12-20)21-9-8-10-23(15-21)29-30(6,7)25(3,4)5/h8-15,18-19,24,27H,16-17H2,1-7H3/t18-,19+,24?/m1/s1. The van der Waals surface area contributed by atoms with Crippen LogP contribution in [-0.2, 0) is 0 Å². The zero-order valence-electron chi connectivity index (χ0n) is 19.5. The number of hydrogen-bond acceptors (Lipinski definition) is 3. The van der Waals surface area contributed by atoms with Gasteiger partial charge >= 0.3 is 0 Å². The van der Waals surface area contributed by atoms with Gasteiger partial charge < -0.3 is 9.74 Å². The van der Waals surface area contributed by atoms with Crippen LogP contribution >= 0.6 is 15.9 Å². The number of nitrogens with zero attached hydrogens (tertiary/aromatic N) is 1. The molecule has 0 spiro atoms. The molecule has 1 saturated heterocycles. The van der Waals surface area contributed by atoms with E-state index >= 15 is 0 Å². The van der Waals surface area contributed by atoms with Crippen LogP contribution in [0.15, 0.2) is 53.0 Å². The van der Waals surface area contributed by atoms with Crippen LogP contribution in [0.3, 0.4) is 0 Å². The van der Waals surface area contributed by atoms with Gasteiger partial charge in [0.2, 0.25) is 8.32 Å². The Kier molecular flexibility index (Phi) is 7.17. The van der Waals surface area contributed by atoms with Crippen molar-refractivity contribution in [2.75, 3.05) is 13.1 Å². The van der Waals surface area contributed by atoms with Crippen molar-refractivity contribution in [3.05, 3.63) is 64.1 Å². The first-order chi connectivity index (χ1) is 14.0. The second-order valence-corrected chi connectivity index (χ2v) is 15.9. The van der Waals surface area contributed by atoms with Gasteiger partial charge in [-0.25, -0.2) is 0 Å². The molecular weight excluding hydrogens is 452 g/mol. The van der Waals surface area contributed by atoms with Crippen LogP contribution < -0.4 is 9.74 Å². The van der Waals surface area contributed by atoms with E-state index < -0.39 is 8.32 Å². The van der Waals surface area contributed by atoms with Crippen molar-refractivity contribution in [2.45, 2.75) is 70.9 Å². The summed E-state index contributed by atoms with van der Waals surface area (Å²) < 4.78 is 7.76. The lowest BCUT2D eigenvalue weighted by molar-refractivity contribution is 0.113. The second kappa shape index (κ2) is 9.15. The maximum atomic E-state index is 6.65. The Morgan fingerprint density at radius 2 is 1.73 bits per heavy atom. The van der Waals surface area contributed by atoms with E-state index in [0.29, 0.717) is 12.1 Å². The highest BCUT2D eigenvalue weighted by molar-refractivity contribution is 9.10. The van der Waals surface area contributed by atoms with E-state index in [4.69, 9.17) is 4.43 Å². The lowest BCUT2D eigenvalue weighted by atomic mass is 9.94. The van der Waals surface area contributed by atoms with Crippen LogP contribution in [0.25, 0.3) is 0 Å². The van der Waals surface area contributed by atoms with E-state index in [1.54, 1.807) is 0 Å². The third-order valence-electron chi connectivity index (χ3n) is 6.68. The Morgan fingerprint density at radius 1 is 1.07 bits per heavy atom. The number of nitrogens with one attached hydrogen (secondary N) is 1. The first kappa shape index (κ1) is 23.5. The first-order valence-corrected chi connectivity index (χ1v) is 14.7. The summed E-state index contributed by atoms with van der Waals surface area (Å²) in [6.07, 6.45) is 0. The Morgan fingerprint density at radius 3 is 2.37 bits per heavy atom. The minimum Gasteiger partial charge on any atom is -0.543 e. The van der Waals surface area contributed by atoms with E-state index in [0.717, 1.165) is 23.3 Å². The molecule has 1 fully saturated rings. The van der Waals surface area contributed by atoms with Crippen LogP contribution in [-0.4, -0.2) is 38.4 Å². The molecule has 1 aliphatic rings. The Bertz CT molecular complexity index is 847. The van der Waals surface area contributed by atoms with Crippen LogP contribution in [0.1, 0.15) is 51.8 Å². The van der Waals surface area contributed by atoms with E-state index in [2.05, 4.69) is 122 Å². The molecule has 5 heteroatoms. The number of benzene rings is 2. The molecule has 0 saturated carbocycles. The van der Waals surface area contributed by atoms with Gasteiger partial charge in [-0.15, -0.1) is 0 Å². The molecule has 1 heterocycles. The van der Waals surface area contributed by atoms with Gasteiger partial charge in [0.25, 0.3) is 0 Å². The molecule has 0 aromatic heterocycles. The Hall–Kier alpha value is -1.14. The summed E-state index contributed by atoms with van der Waals surface area (Å²) in [5.74, 6) is 0.997. The lowest BCUT2D eigenvalue weighted by Crippen LogP contribution is -2.55. The van der Waals surface area contributed by atoms with E-state index in [9.17, 15) is 0 Å². The molecule has 0 amide bonds. The van der Waals surface area contributed by atoms with Crippen molar-refractivity contribution in [3.8, 4) is 5.75 Å². The number of rotatable bonds is 5. The van der Waals surface area contributed by atoms with Gasteiger partial charge in [-0.1, -0.05) is 61.0 Å². The predicted octanol–water partition coefficient (Wildman–Crippen LogP) is 6.60. The van der Waals surface area contributed by atoms with Crippen molar-refractivity contribution in [1.82, 2.24) is 10.2 Å². The van der Waals surface area contributed by atoms with Crippen LogP contribution in [0, 0.1) is 0 Å². The lowest BCUT2D eigenvalue weighted by Gasteiger charge is -2.43. The van der Waals surface area contributed by atoms with Gasteiger partial charge in [0.15, 0.2) is 0 Å². The average Bonchev–Trinajstić information content (AvgIpc) is 2.65. The minimum atomic E-state index is -1.88. The summed E-state index contributed by atoms with van der Waals surface area (Å²) in [4.78, 5) is 2.63. The normalized spacial score (nSPS) is 22.0. The van der Waals surface area contributed by atoms with Crippen molar-refractivity contribution in [2.24, 2.45) is 0 Å². The number of halogens is 1. The highest BCUT2D eigenvalue weighted by atomic mass is 79.9. The SMILES string of the molecule is C[C@@H]1CN(C(c2ccc(Br)cc2)c2cccc(O[Si](C)(C)C(C)(C)C)c2)[C@@H](C)CN1. The fourth-order valence-electron chi connectivity index (χ4n) is 3.83. The minimum absolute atomic E-state index is 0.177. The molecule has 3 atom stereocenters. The van der Waals surface area contributed by atoms with Crippen molar-refractivity contribution in [3.63, 3.8) is 0 Å². The van der Waals surface area contributed by atoms with Gasteiger partial charge in [0.1, 0.15) is 5.75 Å². The molecule has 1 unspecified atom stereocenters. The van der Waals surface area contributed by atoms with Crippen LogP contribution in [0.5, 0.6) is 5.75 Å². The highest BCUT2D eigenvalue weighted by Crippen LogP contribution is 2.39. The molecule has 0 radical (unpaired) electrons. The van der Waals surface area contributed by atoms with Gasteiger partial charge in [0.05, 0.1) is 6.04 Å². The summed E-state index contributed by atoms with van der Waals surface area (Å²) in [5.41, 5.74) is 2.62. The molecule has 2 aromatic carbocycles. The Balaban J connectivity index is 2.01. The van der Waals surface area contributed by atoms with Crippen molar-refractivity contribution in [1.29, 1.82) is 0 Å². The third-order valence-corrected chi connectivity index (χ3v) is 11.6. The summed E-state index contributed by atoms with van der Waals surface area (Å²) in [7, 11) is -1.88.